The maximum absolute atomic E-state index is 12.5. The lowest BCUT2D eigenvalue weighted by Gasteiger charge is -2.08. The van der Waals surface area contributed by atoms with Gasteiger partial charge in [-0.1, -0.05) is 46.0 Å². The van der Waals surface area contributed by atoms with Crippen LogP contribution in [0, 0.1) is 0 Å². The maximum atomic E-state index is 12.5. The minimum Gasteiger partial charge on any atom is -0.391 e. The summed E-state index contributed by atoms with van der Waals surface area (Å²) in [6.07, 6.45) is -2.31. The number of hydrogen-bond acceptors (Lipinski definition) is 3. The van der Waals surface area contributed by atoms with Crippen molar-refractivity contribution in [3.8, 4) is 0 Å². The van der Waals surface area contributed by atoms with Crippen molar-refractivity contribution in [1.29, 1.82) is 0 Å². The Morgan fingerprint density at radius 1 is 1.12 bits per heavy atom. The molecule has 24 heavy (non-hydrogen) atoms. The normalized spacial score (nSPS) is 11.9. The topological polar surface area (TPSA) is 34.5 Å². The summed E-state index contributed by atoms with van der Waals surface area (Å²) in [5, 5.41) is 4.50. The lowest BCUT2D eigenvalue weighted by atomic mass is 10.2. The van der Waals surface area contributed by atoms with Crippen LogP contribution in [-0.4, -0.2) is 11.2 Å². The van der Waals surface area contributed by atoms with E-state index in [1.807, 2.05) is 0 Å². The first-order chi connectivity index (χ1) is 11.3. The molecule has 1 aromatic carbocycles. The molecule has 0 bridgehead atoms. The minimum absolute atomic E-state index is 0.0587. The van der Waals surface area contributed by atoms with E-state index < -0.39 is 11.7 Å². The first-order valence-corrected chi connectivity index (χ1v) is 7.70. The molecule has 0 N–H and O–H groups in total. The molecule has 0 aliphatic heterocycles. The number of aromatic nitrogens is 1. The van der Waals surface area contributed by atoms with Crippen LogP contribution in [0.15, 0.2) is 35.6 Å². The van der Waals surface area contributed by atoms with E-state index in [1.54, 1.807) is 18.2 Å². The van der Waals surface area contributed by atoms with E-state index in [9.17, 15) is 13.2 Å². The van der Waals surface area contributed by atoms with Crippen molar-refractivity contribution >= 4 is 41.0 Å². The number of nitrogens with zero attached hydrogens (tertiary/aromatic N) is 2. The molecule has 0 amide bonds. The second kappa shape index (κ2) is 8.05. The number of oxime groups is 1. The molecule has 0 fully saturated rings. The lowest BCUT2D eigenvalue weighted by molar-refractivity contribution is -0.137. The number of rotatable bonds is 5. The van der Waals surface area contributed by atoms with Crippen molar-refractivity contribution in [3.05, 3.63) is 62.4 Å². The van der Waals surface area contributed by atoms with Crippen molar-refractivity contribution in [3.63, 3.8) is 0 Å². The SMILES string of the molecule is FC(F)(F)c1cnc(C/C=N/OCc2c(Cl)cccc2Cl)c(Cl)c1. The summed E-state index contributed by atoms with van der Waals surface area (Å²) in [5.74, 6) is 0. The molecule has 1 aromatic heterocycles. The van der Waals surface area contributed by atoms with E-state index in [4.69, 9.17) is 39.6 Å². The van der Waals surface area contributed by atoms with E-state index in [0.29, 0.717) is 15.6 Å². The van der Waals surface area contributed by atoms with Gasteiger partial charge in [0.2, 0.25) is 0 Å². The summed E-state index contributed by atoms with van der Waals surface area (Å²) >= 11 is 17.7. The third kappa shape index (κ3) is 5.00. The molecule has 2 rings (SSSR count). The van der Waals surface area contributed by atoms with Crippen LogP contribution >= 0.6 is 34.8 Å². The Balaban J connectivity index is 1.93. The van der Waals surface area contributed by atoms with Gasteiger partial charge >= 0.3 is 6.18 Å². The van der Waals surface area contributed by atoms with Crippen LogP contribution in [0.1, 0.15) is 16.8 Å². The molecule has 2 aromatic rings. The summed E-state index contributed by atoms with van der Waals surface area (Å²) in [7, 11) is 0. The van der Waals surface area contributed by atoms with E-state index in [0.717, 1.165) is 12.3 Å². The Hall–Kier alpha value is -1.50. The zero-order valence-corrected chi connectivity index (χ0v) is 14.2. The molecule has 0 radical (unpaired) electrons. The Bertz CT molecular complexity index is 731. The van der Waals surface area contributed by atoms with E-state index >= 15 is 0 Å². The van der Waals surface area contributed by atoms with Crippen LogP contribution in [0.3, 0.4) is 0 Å². The molecule has 3 nitrogen and oxygen atoms in total. The van der Waals surface area contributed by atoms with Crippen molar-refractivity contribution in [2.75, 3.05) is 0 Å². The maximum Gasteiger partial charge on any atom is 0.417 e. The largest absolute Gasteiger partial charge is 0.417 e. The molecule has 128 valence electrons. The van der Waals surface area contributed by atoms with Gasteiger partial charge in [-0.05, 0) is 18.2 Å². The quantitative estimate of drug-likeness (QED) is 0.471. The first-order valence-electron chi connectivity index (χ1n) is 6.57. The fraction of sp³-hybridized carbons (Fsp3) is 0.200. The van der Waals surface area contributed by atoms with Crippen molar-refractivity contribution in [2.45, 2.75) is 19.2 Å². The highest BCUT2D eigenvalue weighted by atomic mass is 35.5. The van der Waals surface area contributed by atoms with Gasteiger partial charge in [0.25, 0.3) is 0 Å². The standard InChI is InChI=1S/C15H10Cl3F3N2O/c16-11-2-1-3-12(17)10(11)8-24-23-5-4-14-13(18)6-9(7-22-14)15(19,20)21/h1-3,5-7H,4,8H2/b23-5+. The summed E-state index contributed by atoms with van der Waals surface area (Å²) in [6, 6.07) is 5.86. The van der Waals surface area contributed by atoms with Gasteiger partial charge in [0, 0.05) is 34.4 Å². The molecular formula is C15H10Cl3F3N2O. The average Bonchev–Trinajstić information content (AvgIpc) is 2.50. The highest BCUT2D eigenvalue weighted by molar-refractivity contribution is 6.35. The summed E-state index contributed by atoms with van der Waals surface area (Å²) in [4.78, 5) is 8.76. The molecule has 0 aliphatic rings. The van der Waals surface area contributed by atoms with Crippen molar-refractivity contribution in [1.82, 2.24) is 4.98 Å². The molecule has 0 saturated carbocycles. The molecule has 1 heterocycles. The summed E-state index contributed by atoms with van der Waals surface area (Å²) in [5.41, 5.74) is -0.0609. The Morgan fingerprint density at radius 2 is 1.79 bits per heavy atom. The first kappa shape index (κ1) is 18.8. The molecule has 9 heteroatoms. The predicted molar refractivity (Wildman–Crippen MR) is 87.7 cm³/mol. The summed E-state index contributed by atoms with van der Waals surface area (Å²) < 4.78 is 37.5. The molecule has 0 unspecified atom stereocenters. The van der Waals surface area contributed by atoms with Gasteiger partial charge in [-0.3, -0.25) is 4.98 Å². The van der Waals surface area contributed by atoms with Crippen LogP contribution < -0.4 is 0 Å². The molecule has 0 spiro atoms. The van der Waals surface area contributed by atoms with Crippen LogP contribution in [0.2, 0.25) is 15.1 Å². The van der Waals surface area contributed by atoms with Crippen molar-refractivity contribution < 1.29 is 18.0 Å². The Kier molecular flexibility index (Phi) is 6.32. The van der Waals surface area contributed by atoms with E-state index in [2.05, 4.69) is 10.1 Å². The van der Waals surface area contributed by atoms with Crippen LogP contribution in [-0.2, 0) is 24.0 Å². The number of halogens is 6. The van der Waals surface area contributed by atoms with Crippen LogP contribution in [0.5, 0.6) is 0 Å². The van der Waals surface area contributed by atoms with E-state index in [-0.39, 0.29) is 23.7 Å². The van der Waals surface area contributed by atoms with Gasteiger partial charge in [0.05, 0.1) is 16.3 Å². The third-order valence-corrected chi connectivity index (χ3v) is 3.98. The Labute approximate surface area is 151 Å². The van der Waals surface area contributed by atoms with Crippen LogP contribution in [0.4, 0.5) is 13.2 Å². The van der Waals surface area contributed by atoms with Crippen LogP contribution in [0.25, 0.3) is 0 Å². The van der Waals surface area contributed by atoms with Gasteiger partial charge in [0.15, 0.2) is 0 Å². The van der Waals surface area contributed by atoms with Gasteiger partial charge < -0.3 is 4.84 Å². The smallest absolute Gasteiger partial charge is 0.391 e. The van der Waals surface area contributed by atoms with Gasteiger partial charge in [-0.2, -0.15) is 13.2 Å². The Morgan fingerprint density at radius 3 is 2.38 bits per heavy atom. The second-order valence-corrected chi connectivity index (χ2v) is 5.84. The number of alkyl halides is 3. The number of hydrogen-bond donors (Lipinski definition) is 0. The predicted octanol–water partition coefficient (Wildman–Crippen LogP) is 5.81. The van der Waals surface area contributed by atoms with Gasteiger partial charge in [-0.25, -0.2) is 0 Å². The average molecular weight is 398 g/mol. The minimum atomic E-state index is -4.49. The molecule has 0 saturated heterocycles. The zero-order valence-electron chi connectivity index (χ0n) is 11.9. The third-order valence-electron chi connectivity index (χ3n) is 2.95. The second-order valence-electron chi connectivity index (χ2n) is 4.62. The van der Waals surface area contributed by atoms with Gasteiger partial charge in [0.1, 0.15) is 6.61 Å². The van der Waals surface area contributed by atoms with Gasteiger partial charge in [-0.15, -0.1) is 0 Å². The highest BCUT2D eigenvalue weighted by Crippen LogP contribution is 2.31. The molecule has 0 atom stereocenters. The molecular weight excluding hydrogens is 388 g/mol. The van der Waals surface area contributed by atoms with E-state index in [1.165, 1.54) is 6.21 Å². The lowest BCUT2D eigenvalue weighted by Crippen LogP contribution is -2.06. The fourth-order valence-electron chi connectivity index (χ4n) is 1.72. The zero-order chi connectivity index (χ0) is 17.7. The summed E-state index contributed by atoms with van der Waals surface area (Å²) in [6.45, 7) is 0.0587. The molecule has 0 aliphatic carbocycles. The highest BCUT2D eigenvalue weighted by Gasteiger charge is 2.31. The van der Waals surface area contributed by atoms with Crippen molar-refractivity contribution in [2.24, 2.45) is 5.16 Å². The number of pyridine rings is 1. The monoisotopic (exact) mass is 396 g/mol. The fourth-order valence-corrected chi connectivity index (χ4v) is 2.47. The number of benzene rings is 1.